The van der Waals surface area contributed by atoms with Gasteiger partial charge in [0.25, 0.3) is 0 Å². The van der Waals surface area contributed by atoms with Gasteiger partial charge in [-0.2, -0.15) is 0 Å². The van der Waals surface area contributed by atoms with Gasteiger partial charge in [0.2, 0.25) is 5.28 Å². The van der Waals surface area contributed by atoms with Crippen LogP contribution >= 0.6 is 11.6 Å². The number of rotatable bonds is 20. The van der Waals surface area contributed by atoms with Crippen molar-refractivity contribution >= 4 is 29.2 Å². The summed E-state index contributed by atoms with van der Waals surface area (Å²) in [6.07, 6.45) is 0.993. The molecule has 0 saturated carbocycles. The van der Waals surface area contributed by atoms with E-state index in [0.717, 1.165) is 0 Å². The Kier molecular flexibility index (Phi) is 15.8. The second kappa shape index (κ2) is 17.0. The first-order valence-electron chi connectivity index (χ1n) is 12.5. The van der Waals surface area contributed by atoms with Gasteiger partial charge in [-0.05, 0) is 66.0 Å². The predicted octanol–water partition coefficient (Wildman–Crippen LogP) is 3.40. The van der Waals surface area contributed by atoms with Crippen LogP contribution in [0.15, 0.2) is 0 Å². The number of nitrogens with zero attached hydrogens (tertiary/aromatic N) is 3. The number of hydrogen-bond donors (Lipinski definition) is 2. The van der Waals surface area contributed by atoms with Crippen molar-refractivity contribution in [3.05, 3.63) is 16.9 Å². The normalized spacial score (nSPS) is 14.3. The molecule has 14 heteroatoms. The quantitative estimate of drug-likeness (QED) is 0.229. The van der Waals surface area contributed by atoms with E-state index in [9.17, 15) is 0 Å². The van der Waals surface area contributed by atoms with E-state index in [1.165, 1.54) is 0 Å². The third-order valence-electron chi connectivity index (χ3n) is 5.01. The largest absolute Gasteiger partial charge is 0.500 e. The Morgan fingerprint density at radius 3 is 1.14 bits per heavy atom. The van der Waals surface area contributed by atoms with Crippen molar-refractivity contribution in [2.45, 2.75) is 78.6 Å². The summed E-state index contributed by atoms with van der Waals surface area (Å²) in [5.41, 5.74) is 12.9. The summed E-state index contributed by atoms with van der Waals surface area (Å²) in [7, 11) is -5.69. The molecule has 0 aromatic carbocycles. The zero-order chi connectivity index (χ0) is 26.3. The maximum Gasteiger partial charge on any atom is 0.500 e. The van der Waals surface area contributed by atoms with Crippen molar-refractivity contribution in [2.75, 3.05) is 39.6 Å². The zero-order valence-electron chi connectivity index (χ0n) is 22.0. The Bertz CT molecular complexity index is 638. The van der Waals surface area contributed by atoms with Gasteiger partial charge in [0.1, 0.15) is 0 Å². The molecule has 0 spiro atoms. The van der Waals surface area contributed by atoms with Gasteiger partial charge in [-0.1, -0.05) is 0 Å². The molecule has 0 aliphatic carbocycles. The SMILES string of the molecule is CCO[Si](CCC(N)c1nc(Cl)nc(C(N)CC[Si](OCC)(OCC)OCC)n1)(OCC)OCC. The van der Waals surface area contributed by atoms with Crippen molar-refractivity contribution in [1.29, 1.82) is 0 Å². The summed E-state index contributed by atoms with van der Waals surface area (Å²) in [5, 5.41) is 0.0433. The summed E-state index contributed by atoms with van der Waals surface area (Å²) < 4.78 is 35.5. The smallest absolute Gasteiger partial charge is 0.374 e. The highest BCUT2D eigenvalue weighted by atomic mass is 35.5. The number of hydrogen-bond acceptors (Lipinski definition) is 11. The molecule has 0 saturated heterocycles. The molecule has 0 bridgehead atoms. The van der Waals surface area contributed by atoms with E-state index >= 15 is 0 Å². The Hall–Kier alpha value is -0.586. The summed E-state index contributed by atoms with van der Waals surface area (Å²) in [5.74, 6) is 0.733. The standard InChI is InChI=1S/C21H44ClN5O6Si2/c1-7-28-34(29-8-2,30-9-3)15-13-17(23)19-25-20(27-21(22)26-19)18(24)14-16-35(31-10-4,32-11-5)33-12-6/h17-18H,7-16,23-24H2,1-6H3. The molecular formula is C21H44ClN5O6Si2. The van der Waals surface area contributed by atoms with Gasteiger partial charge in [0, 0.05) is 51.7 Å². The molecule has 0 aliphatic rings. The van der Waals surface area contributed by atoms with Gasteiger partial charge in [0.15, 0.2) is 11.6 Å². The molecule has 1 aromatic heterocycles. The first kappa shape index (κ1) is 32.4. The highest BCUT2D eigenvalue weighted by molar-refractivity contribution is 6.61. The van der Waals surface area contributed by atoms with Crippen molar-refractivity contribution in [3.8, 4) is 0 Å². The minimum atomic E-state index is -2.84. The molecule has 11 nitrogen and oxygen atoms in total. The predicted molar refractivity (Wildman–Crippen MR) is 139 cm³/mol. The second-order valence-corrected chi connectivity index (χ2v) is 13.4. The number of nitrogens with two attached hydrogens (primary N) is 2. The third kappa shape index (κ3) is 10.7. The van der Waals surface area contributed by atoms with E-state index in [1.54, 1.807) is 0 Å². The number of aromatic nitrogens is 3. The van der Waals surface area contributed by atoms with Crippen LogP contribution < -0.4 is 11.5 Å². The molecule has 0 aliphatic heterocycles. The van der Waals surface area contributed by atoms with E-state index < -0.39 is 29.7 Å². The molecule has 0 amide bonds. The van der Waals surface area contributed by atoms with Crippen LogP contribution in [-0.4, -0.2) is 72.2 Å². The highest BCUT2D eigenvalue weighted by Gasteiger charge is 2.42. The van der Waals surface area contributed by atoms with Crippen LogP contribution in [0.3, 0.4) is 0 Å². The van der Waals surface area contributed by atoms with Crippen LogP contribution in [0.1, 0.15) is 78.1 Å². The lowest BCUT2D eigenvalue weighted by Crippen LogP contribution is -2.46. The molecule has 2 unspecified atom stereocenters. The van der Waals surface area contributed by atoms with Gasteiger partial charge in [-0.3, -0.25) is 0 Å². The van der Waals surface area contributed by atoms with Gasteiger partial charge < -0.3 is 38.0 Å². The third-order valence-corrected chi connectivity index (χ3v) is 11.4. The zero-order valence-corrected chi connectivity index (χ0v) is 24.8. The average molecular weight is 554 g/mol. The van der Waals surface area contributed by atoms with Crippen LogP contribution in [0.2, 0.25) is 17.4 Å². The monoisotopic (exact) mass is 553 g/mol. The van der Waals surface area contributed by atoms with Crippen LogP contribution in [0.4, 0.5) is 0 Å². The Morgan fingerprint density at radius 2 is 0.886 bits per heavy atom. The average Bonchev–Trinajstić information content (AvgIpc) is 2.81. The minimum absolute atomic E-state index is 0.0433. The van der Waals surface area contributed by atoms with Gasteiger partial charge >= 0.3 is 17.6 Å². The van der Waals surface area contributed by atoms with E-state index in [0.29, 0.717) is 76.2 Å². The maximum atomic E-state index is 6.44. The first-order valence-corrected chi connectivity index (χ1v) is 16.7. The van der Waals surface area contributed by atoms with E-state index in [2.05, 4.69) is 15.0 Å². The summed E-state index contributed by atoms with van der Waals surface area (Å²) in [6, 6.07) is 0.0240. The molecule has 1 rings (SSSR count). The maximum absolute atomic E-state index is 6.44. The Labute approximate surface area is 217 Å². The summed E-state index contributed by atoms with van der Waals surface area (Å²) in [4.78, 5) is 13.0. The van der Waals surface area contributed by atoms with E-state index in [1.807, 2.05) is 41.5 Å². The van der Waals surface area contributed by atoms with Crippen molar-refractivity contribution < 1.29 is 26.6 Å². The molecule has 4 N–H and O–H groups in total. The van der Waals surface area contributed by atoms with Crippen LogP contribution in [0.5, 0.6) is 0 Å². The van der Waals surface area contributed by atoms with Crippen molar-refractivity contribution in [3.63, 3.8) is 0 Å². The molecule has 0 fully saturated rings. The van der Waals surface area contributed by atoms with Crippen LogP contribution in [-0.2, 0) is 26.6 Å². The Balaban J connectivity index is 2.97. The fourth-order valence-corrected chi connectivity index (χ4v) is 9.15. The molecule has 1 heterocycles. The molecule has 1 aromatic rings. The summed E-state index contributed by atoms with van der Waals surface area (Å²) >= 11 is 6.21. The fourth-order valence-electron chi connectivity index (χ4n) is 3.64. The van der Waals surface area contributed by atoms with Crippen LogP contribution in [0, 0.1) is 0 Å². The fraction of sp³-hybridized carbons (Fsp3) is 0.857. The lowest BCUT2D eigenvalue weighted by molar-refractivity contribution is 0.0695. The topological polar surface area (TPSA) is 146 Å². The Morgan fingerprint density at radius 1 is 0.600 bits per heavy atom. The molecule has 0 radical (unpaired) electrons. The van der Waals surface area contributed by atoms with Gasteiger partial charge in [0.05, 0.1) is 12.1 Å². The molecular weight excluding hydrogens is 510 g/mol. The summed E-state index contributed by atoms with van der Waals surface area (Å²) in [6.45, 7) is 14.5. The minimum Gasteiger partial charge on any atom is -0.374 e. The molecule has 35 heavy (non-hydrogen) atoms. The van der Waals surface area contributed by atoms with E-state index in [4.69, 9.17) is 49.6 Å². The second-order valence-electron chi connectivity index (χ2n) is 7.58. The first-order chi connectivity index (χ1) is 16.7. The number of halogens is 1. The molecule has 204 valence electrons. The van der Waals surface area contributed by atoms with E-state index in [-0.39, 0.29) is 5.28 Å². The van der Waals surface area contributed by atoms with Crippen LogP contribution in [0.25, 0.3) is 0 Å². The van der Waals surface area contributed by atoms with Gasteiger partial charge in [-0.15, -0.1) is 0 Å². The lowest BCUT2D eigenvalue weighted by Gasteiger charge is -2.29. The lowest BCUT2D eigenvalue weighted by atomic mass is 10.2. The van der Waals surface area contributed by atoms with Crippen molar-refractivity contribution in [2.24, 2.45) is 11.5 Å². The molecule has 2 atom stereocenters. The van der Waals surface area contributed by atoms with Gasteiger partial charge in [-0.25, -0.2) is 15.0 Å². The van der Waals surface area contributed by atoms with Crippen molar-refractivity contribution in [1.82, 2.24) is 15.0 Å². The highest BCUT2D eigenvalue weighted by Crippen LogP contribution is 2.26.